The van der Waals surface area contributed by atoms with Gasteiger partial charge < -0.3 is 20.5 Å². The van der Waals surface area contributed by atoms with Crippen molar-refractivity contribution in [2.75, 3.05) is 20.3 Å². The smallest absolute Gasteiger partial charge is 0.326 e. The third-order valence-electron chi connectivity index (χ3n) is 3.10. The van der Waals surface area contributed by atoms with Crippen LogP contribution in [-0.4, -0.2) is 43.4 Å². The van der Waals surface area contributed by atoms with Crippen LogP contribution in [-0.2, 0) is 9.53 Å². The van der Waals surface area contributed by atoms with Gasteiger partial charge in [0.05, 0.1) is 0 Å². The van der Waals surface area contributed by atoms with Crippen molar-refractivity contribution >= 4 is 12.0 Å². The summed E-state index contributed by atoms with van der Waals surface area (Å²) in [5.41, 5.74) is -0.650. The third kappa shape index (κ3) is 7.33. The highest BCUT2D eigenvalue weighted by Gasteiger charge is 2.32. The largest absolute Gasteiger partial charge is 0.480 e. The highest BCUT2D eigenvalue weighted by Crippen LogP contribution is 2.20. The molecule has 0 spiro atoms. The molecule has 0 aromatic rings. The van der Waals surface area contributed by atoms with Crippen LogP contribution < -0.4 is 10.6 Å². The zero-order valence-corrected chi connectivity index (χ0v) is 13.4. The lowest BCUT2D eigenvalue weighted by Gasteiger charge is -2.29. The molecule has 0 aliphatic rings. The van der Waals surface area contributed by atoms with Gasteiger partial charge in [-0.3, -0.25) is 0 Å². The number of amides is 2. The van der Waals surface area contributed by atoms with Crippen LogP contribution in [0.3, 0.4) is 0 Å². The monoisotopic (exact) mass is 288 g/mol. The Bertz CT molecular complexity index is 335. The number of hydrogen-bond acceptors (Lipinski definition) is 3. The summed E-state index contributed by atoms with van der Waals surface area (Å²) in [6, 6.07) is -1.39. The van der Waals surface area contributed by atoms with E-state index < -0.39 is 23.5 Å². The number of urea groups is 1. The Balaban J connectivity index is 4.38. The number of aliphatic carboxylic acids is 1. The van der Waals surface area contributed by atoms with Crippen molar-refractivity contribution in [1.82, 2.24) is 10.6 Å². The Morgan fingerprint density at radius 3 is 2.15 bits per heavy atom. The highest BCUT2D eigenvalue weighted by atomic mass is 16.5. The molecule has 0 radical (unpaired) electrons. The number of rotatable bonds is 7. The molecule has 20 heavy (non-hydrogen) atoms. The van der Waals surface area contributed by atoms with Gasteiger partial charge in [0.2, 0.25) is 0 Å². The molecule has 0 rings (SSSR count). The number of ether oxygens (including phenoxy) is 1. The summed E-state index contributed by atoms with van der Waals surface area (Å²) in [4.78, 5) is 23.0. The van der Waals surface area contributed by atoms with E-state index in [0.29, 0.717) is 13.2 Å². The molecule has 0 aliphatic heterocycles. The zero-order chi connectivity index (χ0) is 16.0. The lowest BCUT2D eigenvalue weighted by atomic mass is 9.87. The lowest BCUT2D eigenvalue weighted by Crippen LogP contribution is -2.53. The maximum atomic E-state index is 11.8. The normalized spacial score (nSPS) is 13.7. The number of carbonyl (C=O) groups is 2. The Labute approximate surface area is 121 Å². The first-order valence-corrected chi connectivity index (χ1v) is 6.76. The minimum Gasteiger partial charge on any atom is -0.480 e. The Morgan fingerprint density at radius 2 is 1.75 bits per heavy atom. The van der Waals surface area contributed by atoms with Crippen LogP contribution in [0.1, 0.15) is 41.0 Å². The van der Waals surface area contributed by atoms with Crippen LogP contribution in [0.15, 0.2) is 0 Å². The lowest BCUT2D eigenvalue weighted by molar-refractivity contribution is -0.141. The second-order valence-corrected chi connectivity index (χ2v) is 6.87. The third-order valence-corrected chi connectivity index (χ3v) is 3.10. The first kappa shape index (κ1) is 18.7. The molecular formula is C14H28N2O4. The molecule has 6 nitrogen and oxygen atoms in total. The van der Waals surface area contributed by atoms with E-state index in [9.17, 15) is 9.59 Å². The van der Waals surface area contributed by atoms with Crippen molar-refractivity contribution in [3.8, 4) is 0 Å². The van der Waals surface area contributed by atoms with Crippen molar-refractivity contribution in [3.05, 3.63) is 0 Å². The summed E-state index contributed by atoms with van der Waals surface area (Å²) in [5.74, 6) is -1.04. The Hall–Kier alpha value is -1.30. The van der Waals surface area contributed by atoms with Crippen LogP contribution >= 0.6 is 0 Å². The molecule has 3 N–H and O–H groups in total. The molecule has 0 aromatic heterocycles. The summed E-state index contributed by atoms with van der Waals surface area (Å²) < 4.78 is 5.02. The molecule has 0 fully saturated rings. The van der Waals surface area contributed by atoms with Gasteiger partial charge in [-0.1, -0.05) is 34.6 Å². The number of nitrogens with one attached hydrogen (secondary N) is 2. The van der Waals surface area contributed by atoms with Gasteiger partial charge in [0.1, 0.15) is 6.04 Å². The molecule has 0 aliphatic carbocycles. The maximum Gasteiger partial charge on any atom is 0.326 e. The Kier molecular flexibility index (Phi) is 6.99. The van der Waals surface area contributed by atoms with E-state index in [2.05, 4.69) is 10.6 Å². The number of hydrogen-bond donors (Lipinski definition) is 3. The summed E-state index contributed by atoms with van der Waals surface area (Å²) in [6.07, 6.45) is 0.811. The van der Waals surface area contributed by atoms with E-state index in [-0.39, 0.29) is 5.41 Å². The van der Waals surface area contributed by atoms with E-state index in [4.69, 9.17) is 9.84 Å². The van der Waals surface area contributed by atoms with E-state index >= 15 is 0 Å². The van der Waals surface area contributed by atoms with Crippen molar-refractivity contribution in [2.45, 2.75) is 47.1 Å². The van der Waals surface area contributed by atoms with Crippen LogP contribution in [0.2, 0.25) is 0 Å². The molecular weight excluding hydrogens is 260 g/mol. The van der Waals surface area contributed by atoms with Gasteiger partial charge >= 0.3 is 12.0 Å². The van der Waals surface area contributed by atoms with Crippen LogP contribution in [0, 0.1) is 10.8 Å². The molecule has 118 valence electrons. The summed E-state index contributed by atoms with van der Waals surface area (Å²) in [6.45, 7) is 10.4. The predicted molar refractivity (Wildman–Crippen MR) is 77.7 cm³/mol. The van der Waals surface area contributed by atoms with Gasteiger partial charge in [0.15, 0.2) is 0 Å². The van der Waals surface area contributed by atoms with Gasteiger partial charge in [-0.2, -0.15) is 0 Å². The first-order chi connectivity index (χ1) is 8.99. The number of methoxy groups -OCH3 is 1. The maximum absolute atomic E-state index is 11.8. The molecule has 0 saturated carbocycles. The van der Waals surface area contributed by atoms with Crippen molar-refractivity contribution in [3.63, 3.8) is 0 Å². The second-order valence-electron chi connectivity index (χ2n) is 6.87. The number of carboxylic acid groups (broad SMARTS) is 1. The van der Waals surface area contributed by atoms with E-state index in [0.717, 1.165) is 6.42 Å². The molecule has 0 heterocycles. The van der Waals surface area contributed by atoms with E-state index in [1.165, 1.54) is 0 Å². The van der Waals surface area contributed by atoms with Gasteiger partial charge in [-0.15, -0.1) is 0 Å². The second kappa shape index (κ2) is 7.47. The van der Waals surface area contributed by atoms with Crippen LogP contribution in [0.5, 0.6) is 0 Å². The predicted octanol–water partition coefficient (Wildman–Crippen LogP) is 1.85. The molecule has 2 amide bonds. The minimum atomic E-state index is -1.04. The standard InChI is InChI=1S/C14H28N2O4/c1-13(2,3)10(11(17)18)16-12(19)15-9-14(4,5)7-8-20-6/h10H,7-9H2,1-6H3,(H,17,18)(H2,15,16,19)/t10-/m0/s1. The topological polar surface area (TPSA) is 87.7 Å². The first-order valence-electron chi connectivity index (χ1n) is 6.76. The SMILES string of the molecule is COCCC(C)(C)CNC(=O)N[C@@H](C(=O)O)C(C)(C)C. The molecule has 0 aromatic carbocycles. The number of carboxylic acids is 1. The van der Waals surface area contributed by atoms with Gasteiger partial charge in [-0.05, 0) is 17.3 Å². The van der Waals surface area contributed by atoms with Crippen molar-refractivity contribution < 1.29 is 19.4 Å². The van der Waals surface area contributed by atoms with E-state index in [1.54, 1.807) is 27.9 Å². The van der Waals surface area contributed by atoms with Crippen LogP contribution in [0.25, 0.3) is 0 Å². The van der Waals surface area contributed by atoms with Crippen molar-refractivity contribution in [2.24, 2.45) is 10.8 Å². The highest BCUT2D eigenvalue weighted by molar-refractivity contribution is 5.83. The fraction of sp³-hybridized carbons (Fsp3) is 0.857. The molecule has 1 atom stereocenters. The fourth-order valence-corrected chi connectivity index (χ4v) is 1.62. The fourth-order valence-electron chi connectivity index (χ4n) is 1.62. The zero-order valence-electron chi connectivity index (χ0n) is 13.4. The molecule has 6 heteroatoms. The minimum absolute atomic E-state index is 0.103. The van der Waals surface area contributed by atoms with Crippen molar-refractivity contribution in [1.29, 1.82) is 0 Å². The summed E-state index contributed by atoms with van der Waals surface area (Å²) >= 11 is 0. The molecule has 0 bridgehead atoms. The molecule has 0 unspecified atom stereocenters. The number of carbonyl (C=O) groups excluding carboxylic acids is 1. The van der Waals surface area contributed by atoms with Gasteiger partial charge in [0, 0.05) is 20.3 Å². The summed E-state index contributed by atoms with van der Waals surface area (Å²) in [7, 11) is 1.64. The Morgan fingerprint density at radius 1 is 1.20 bits per heavy atom. The van der Waals surface area contributed by atoms with Crippen LogP contribution in [0.4, 0.5) is 4.79 Å². The van der Waals surface area contributed by atoms with Gasteiger partial charge in [0.25, 0.3) is 0 Å². The quantitative estimate of drug-likeness (QED) is 0.667. The molecule has 0 saturated heterocycles. The average Bonchev–Trinajstić information content (AvgIpc) is 2.29. The van der Waals surface area contributed by atoms with E-state index in [1.807, 2.05) is 13.8 Å². The van der Waals surface area contributed by atoms with Gasteiger partial charge in [-0.25, -0.2) is 9.59 Å². The average molecular weight is 288 g/mol. The summed E-state index contributed by atoms with van der Waals surface area (Å²) in [5, 5.41) is 14.4.